The summed E-state index contributed by atoms with van der Waals surface area (Å²) in [7, 11) is 0. The molecule has 0 fully saturated rings. The van der Waals surface area contributed by atoms with Crippen molar-refractivity contribution in [3.8, 4) is 11.4 Å². The second-order valence-corrected chi connectivity index (χ2v) is 7.30. The molecule has 0 aliphatic carbocycles. The van der Waals surface area contributed by atoms with Gasteiger partial charge in [0.05, 0.1) is 5.69 Å². The van der Waals surface area contributed by atoms with Crippen LogP contribution in [0.1, 0.15) is 0 Å². The van der Waals surface area contributed by atoms with E-state index in [0.717, 1.165) is 33.1 Å². The van der Waals surface area contributed by atoms with Gasteiger partial charge in [-0.1, -0.05) is 91.0 Å². The van der Waals surface area contributed by atoms with Crippen LogP contribution < -0.4 is 10.9 Å². The Morgan fingerprint density at radius 2 is 1.29 bits per heavy atom. The van der Waals surface area contributed by atoms with Crippen LogP contribution in [-0.2, 0) is 0 Å². The summed E-state index contributed by atoms with van der Waals surface area (Å²) in [6.45, 7) is 0. The average Bonchev–Trinajstić information content (AvgIpc) is 3.27. The summed E-state index contributed by atoms with van der Waals surface area (Å²) in [5, 5.41) is 18.0. The maximum atomic E-state index is 4.85. The predicted octanol–water partition coefficient (Wildman–Crippen LogP) is 5.54. The predicted molar refractivity (Wildman–Crippen MR) is 125 cm³/mol. The molecule has 0 bridgehead atoms. The van der Waals surface area contributed by atoms with Gasteiger partial charge in [0, 0.05) is 21.7 Å². The summed E-state index contributed by atoms with van der Waals surface area (Å²) in [4.78, 5) is 0. The van der Waals surface area contributed by atoms with Gasteiger partial charge in [0.25, 0.3) is 0 Å². The van der Waals surface area contributed by atoms with Gasteiger partial charge in [-0.2, -0.15) is 4.52 Å². The number of aromatic nitrogens is 4. The summed E-state index contributed by atoms with van der Waals surface area (Å²) in [5.74, 6) is 1.41. The number of rotatable bonds is 4. The molecule has 2 N–H and O–H groups in total. The van der Waals surface area contributed by atoms with Crippen molar-refractivity contribution in [1.82, 2.24) is 19.8 Å². The minimum Gasteiger partial charge on any atom is -0.299 e. The van der Waals surface area contributed by atoms with E-state index in [1.807, 2.05) is 78.9 Å². The molecule has 0 aliphatic heterocycles. The van der Waals surface area contributed by atoms with Crippen LogP contribution in [-0.4, -0.2) is 19.8 Å². The molecule has 0 atom stereocenters. The third-order valence-corrected chi connectivity index (χ3v) is 5.40. The Hall–Kier alpha value is -4.45. The third kappa shape index (κ3) is 2.93. The molecule has 0 amide bonds. The number of nitrogens with one attached hydrogen (secondary N) is 2. The van der Waals surface area contributed by atoms with Crippen molar-refractivity contribution in [3.05, 3.63) is 97.1 Å². The van der Waals surface area contributed by atoms with Gasteiger partial charge in [0.15, 0.2) is 17.3 Å². The number of benzene rings is 4. The topological polar surface area (TPSA) is 67.1 Å². The van der Waals surface area contributed by atoms with Crippen molar-refractivity contribution in [2.45, 2.75) is 0 Å². The van der Waals surface area contributed by atoms with Crippen LogP contribution in [0.15, 0.2) is 97.1 Å². The molecule has 0 radical (unpaired) electrons. The van der Waals surface area contributed by atoms with E-state index in [2.05, 4.69) is 39.2 Å². The molecule has 0 unspecified atom stereocenters. The van der Waals surface area contributed by atoms with Gasteiger partial charge in [-0.25, -0.2) is 0 Å². The van der Waals surface area contributed by atoms with E-state index in [9.17, 15) is 0 Å². The number of nitrogens with zero attached hydrogens (tertiary/aromatic N) is 4. The number of anilines is 2. The number of hydrogen-bond acceptors (Lipinski definition) is 5. The Balaban J connectivity index is 1.48. The summed E-state index contributed by atoms with van der Waals surface area (Å²) in [6.07, 6.45) is 0. The Kier molecular flexibility index (Phi) is 3.99. The number of hydrazine groups is 1. The van der Waals surface area contributed by atoms with Gasteiger partial charge in [0.2, 0.25) is 0 Å². The van der Waals surface area contributed by atoms with E-state index in [4.69, 9.17) is 5.10 Å². The maximum absolute atomic E-state index is 4.85. The molecule has 2 aromatic heterocycles. The quantitative estimate of drug-likeness (QED) is 0.379. The largest absolute Gasteiger partial charge is 0.299 e. The average molecular weight is 402 g/mol. The third-order valence-electron chi connectivity index (χ3n) is 5.40. The normalized spacial score (nSPS) is 11.2. The van der Waals surface area contributed by atoms with Gasteiger partial charge in [0.1, 0.15) is 0 Å². The van der Waals surface area contributed by atoms with Gasteiger partial charge in [-0.05, 0) is 11.5 Å². The molecular weight excluding hydrogens is 384 g/mol. The standard InChI is InChI=1S/C25H18N6/c1-2-10-18(11-3-1)24-28-29-25-21-15-7-6-14-20(21)23(30-31(24)25)27-26-22-16-8-12-17-9-4-5-13-19(17)22/h1-16,26H,(H,27,30). The molecule has 0 spiro atoms. The molecule has 2 heterocycles. The molecule has 6 rings (SSSR count). The lowest BCUT2D eigenvalue weighted by Crippen LogP contribution is -2.12. The van der Waals surface area contributed by atoms with Crippen LogP contribution in [0, 0.1) is 0 Å². The molecule has 148 valence electrons. The lowest BCUT2D eigenvalue weighted by molar-refractivity contribution is 0.947. The highest BCUT2D eigenvalue weighted by Gasteiger charge is 2.15. The zero-order valence-corrected chi connectivity index (χ0v) is 16.5. The van der Waals surface area contributed by atoms with Crippen molar-refractivity contribution in [2.24, 2.45) is 0 Å². The summed E-state index contributed by atoms with van der Waals surface area (Å²) >= 11 is 0. The van der Waals surface area contributed by atoms with E-state index in [0.29, 0.717) is 11.6 Å². The molecular formula is C25H18N6. The smallest absolute Gasteiger partial charge is 0.186 e. The fraction of sp³-hybridized carbons (Fsp3) is 0. The zero-order chi connectivity index (χ0) is 20.6. The van der Waals surface area contributed by atoms with Crippen molar-refractivity contribution in [3.63, 3.8) is 0 Å². The molecule has 0 saturated carbocycles. The van der Waals surface area contributed by atoms with Crippen molar-refractivity contribution in [2.75, 3.05) is 10.9 Å². The van der Waals surface area contributed by atoms with Gasteiger partial charge in [-0.15, -0.1) is 15.3 Å². The first-order valence-corrected chi connectivity index (χ1v) is 10.1. The van der Waals surface area contributed by atoms with Crippen LogP contribution >= 0.6 is 0 Å². The maximum Gasteiger partial charge on any atom is 0.186 e. The van der Waals surface area contributed by atoms with Gasteiger partial charge < -0.3 is 0 Å². The van der Waals surface area contributed by atoms with Crippen LogP contribution in [0.4, 0.5) is 11.5 Å². The first-order chi connectivity index (χ1) is 15.4. The minimum atomic E-state index is 0.702. The van der Waals surface area contributed by atoms with Crippen molar-refractivity contribution in [1.29, 1.82) is 0 Å². The van der Waals surface area contributed by atoms with E-state index in [1.54, 1.807) is 4.52 Å². The second kappa shape index (κ2) is 7.11. The number of fused-ring (bicyclic) bond motifs is 4. The van der Waals surface area contributed by atoms with Gasteiger partial charge in [-0.3, -0.25) is 10.9 Å². The van der Waals surface area contributed by atoms with Gasteiger partial charge >= 0.3 is 0 Å². The molecule has 31 heavy (non-hydrogen) atoms. The van der Waals surface area contributed by atoms with E-state index < -0.39 is 0 Å². The van der Waals surface area contributed by atoms with Crippen molar-refractivity contribution < 1.29 is 0 Å². The van der Waals surface area contributed by atoms with Crippen LogP contribution in [0.3, 0.4) is 0 Å². The first-order valence-electron chi connectivity index (χ1n) is 10.1. The summed E-state index contributed by atoms with van der Waals surface area (Å²) < 4.78 is 1.80. The highest BCUT2D eigenvalue weighted by molar-refractivity contribution is 6.01. The monoisotopic (exact) mass is 402 g/mol. The lowest BCUT2D eigenvalue weighted by atomic mass is 10.1. The van der Waals surface area contributed by atoms with Crippen LogP contribution in [0.25, 0.3) is 38.6 Å². The van der Waals surface area contributed by atoms with E-state index in [1.165, 1.54) is 5.39 Å². The Labute approximate surface area is 178 Å². The highest BCUT2D eigenvalue weighted by Crippen LogP contribution is 2.28. The Bertz CT molecular complexity index is 1530. The van der Waals surface area contributed by atoms with Crippen LogP contribution in [0.5, 0.6) is 0 Å². The molecule has 6 aromatic rings. The lowest BCUT2D eigenvalue weighted by Gasteiger charge is -2.14. The Morgan fingerprint density at radius 3 is 2.16 bits per heavy atom. The highest BCUT2D eigenvalue weighted by atomic mass is 15.4. The zero-order valence-electron chi connectivity index (χ0n) is 16.5. The summed E-state index contributed by atoms with van der Waals surface area (Å²) in [5.41, 5.74) is 9.34. The number of hydrogen-bond donors (Lipinski definition) is 2. The summed E-state index contributed by atoms with van der Waals surface area (Å²) in [6, 6.07) is 32.5. The first kappa shape index (κ1) is 17.4. The molecule has 0 saturated heterocycles. The SMILES string of the molecule is c1ccc(-c2nnc3c4ccccc4c(NNc4cccc5ccccc45)nn23)cc1. The fourth-order valence-corrected chi connectivity index (χ4v) is 3.90. The van der Waals surface area contributed by atoms with E-state index >= 15 is 0 Å². The molecule has 6 heteroatoms. The second-order valence-electron chi connectivity index (χ2n) is 7.30. The minimum absolute atomic E-state index is 0.702. The van der Waals surface area contributed by atoms with Crippen LogP contribution in [0.2, 0.25) is 0 Å². The molecule has 4 aromatic carbocycles. The van der Waals surface area contributed by atoms with E-state index in [-0.39, 0.29) is 0 Å². The fourth-order valence-electron chi connectivity index (χ4n) is 3.90. The molecule has 0 aliphatic rings. The molecule has 6 nitrogen and oxygen atoms in total. The Morgan fingerprint density at radius 1 is 0.581 bits per heavy atom. The van der Waals surface area contributed by atoms with Crippen molar-refractivity contribution >= 4 is 38.7 Å².